The van der Waals surface area contributed by atoms with Crippen molar-refractivity contribution in [1.82, 2.24) is 10.6 Å². The lowest BCUT2D eigenvalue weighted by Gasteiger charge is -2.12. The zero-order valence-corrected chi connectivity index (χ0v) is 15.6. The van der Waals surface area contributed by atoms with E-state index in [4.69, 9.17) is 0 Å². The topological polar surface area (TPSA) is 65.5 Å². The molecule has 2 aromatic carbocycles. The molecule has 5 heteroatoms. The van der Waals surface area contributed by atoms with Gasteiger partial charge in [0.1, 0.15) is 0 Å². The number of carbonyl (C=O) groups is 1. The quantitative estimate of drug-likeness (QED) is 0.501. The fourth-order valence-electron chi connectivity index (χ4n) is 2.49. The number of aliphatic imine (C=N–C) groups is 1. The third-order valence-electron chi connectivity index (χ3n) is 3.75. The molecule has 138 valence electrons. The number of guanidine groups is 1. The molecule has 0 saturated carbocycles. The maximum Gasteiger partial charge on any atom is 0.224 e. The Morgan fingerprint density at radius 1 is 0.962 bits per heavy atom. The van der Waals surface area contributed by atoms with Gasteiger partial charge in [-0.3, -0.25) is 4.79 Å². The first kappa shape index (κ1) is 19.5. The third-order valence-corrected chi connectivity index (χ3v) is 3.75. The Bertz CT molecular complexity index is 713. The van der Waals surface area contributed by atoms with Crippen LogP contribution < -0.4 is 16.0 Å². The predicted molar refractivity (Wildman–Crippen MR) is 108 cm³/mol. The number of anilines is 1. The van der Waals surface area contributed by atoms with Crippen LogP contribution in [-0.2, 0) is 17.9 Å². The summed E-state index contributed by atoms with van der Waals surface area (Å²) in [6.45, 7) is 6.11. The third kappa shape index (κ3) is 6.97. The van der Waals surface area contributed by atoms with Crippen LogP contribution in [0.4, 0.5) is 5.69 Å². The summed E-state index contributed by atoms with van der Waals surface area (Å²) in [5, 5.41) is 9.52. The van der Waals surface area contributed by atoms with E-state index in [1.807, 2.05) is 56.3 Å². The van der Waals surface area contributed by atoms with Crippen LogP contribution in [0.3, 0.4) is 0 Å². The minimum Gasteiger partial charge on any atom is -0.357 e. The van der Waals surface area contributed by atoms with Crippen molar-refractivity contribution in [1.29, 1.82) is 0 Å². The van der Waals surface area contributed by atoms with E-state index in [2.05, 4.69) is 33.1 Å². The van der Waals surface area contributed by atoms with Crippen molar-refractivity contribution in [2.45, 2.75) is 39.8 Å². The van der Waals surface area contributed by atoms with Crippen molar-refractivity contribution in [3.05, 3.63) is 65.7 Å². The van der Waals surface area contributed by atoms with Gasteiger partial charge >= 0.3 is 0 Å². The molecular weight excluding hydrogens is 324 g/mol. The average Bonchev–Trinajstić information content (AvgIpc) is 2.65. The van der Waals surface area contributed by atoms with Gasteiger partial charge in [0.15, 0.2) is 5.96 Å². The van der Waals surface area contributed by atoms with Crippen molar-refractivity contribution in [3.8, 4) is 0 Å². The minimum atomic E-state index is 0.0472. The Morgan fingerprint density at radius 2 is 1.73 bits per heavy atom. The number of rotatable bonds is 8. The highest BCUT2D eigenvalue weighted by Crippen LogP contribution is 2.12. The van der Waals surface area contributed by atoms with Crippen LogP contribution >= 0.6 is 0 Å². The molecule has 0 bridgehead atoms. The first-order chi connectivity index (χ1) is 12.7. The zero-order valence-electron chi connectivity index (χ0n) is 15.6. The maximum absolute atomic E-state index is 11.7. The van der Waals surface area contributed by atoms with Crippen molar-refractivity contribution < 1.29 is 4.79 Å². The second-order valence-corrected chi connectivity index (χ2v) is 6.03. The molecule has 2 rings (SSSR count). The van der Waals surface area contributed by atoms with Crippen LogP contribution in [0.1, 0.15) is 37.8 Å². The van der Waals surface area contributed by atoms with Gasteiger partial charge in [0.05, 0.1) is 6.54 Å². The molecule has 5 nitrogen and oxygen atoms in total. The van der Waals surface area contributed by atoms with Gasteiger partial charge in [-0.1, -0.05) is 49.4 Å². The van der Waals surface area contributed by atoms with Gasteiger partial charge in [-0.15, -0.1) is 0 Å². The number of amides is 1. The summed E-state index contributed by atoms with van der Waals surface area (Å²) < 4.78 is 0. The summed E-state index contributed by atoms with van der Waals surface area (Å²) in [5.74, 6) is 0.822. The fourth-order valence-corrected chi connectivity index (χ4v) is 2.49. The molecule has 0 fully saturated rings. The largest absolute Gasteiger partial charge is 0.357 e. The Balaban J connectivity index is 1.96. The summed E-state index contributed by atoms with van der Waals surface area (Å²) in [6.07, 6.45) is 1.38. The number of carbonyl (C=O) groups excluding carboxylic acids is 1. The van der Waals surface area contributed by atoms with Crippen molar-refractivity contribution in [3.63, 3.8) is 0 Å². The fraction of sp³-hybridized carbons (Fsp3) is 0.333. The first-order valence-electron chi connectivity index (χ1n) is 9.16. The number of nitrogens with zero attached hydrogens (tertiary/aromatic N) is 1. The van der Waals surface area contributed by atoms with Crippen LogP contribution in [0, 0.1) is 0 Å². The second kappa shape index (κ2) is 10.9. The molecule has 0 unspecified atom stereocenters. The van der Waals surface area contributed by atoms with Crippen LogP contribution in [-0.4, -0.2) is 18.4 Å². The zero-order chi connectivity index (χ0) is 18.6. The molecular formula is C21H28N4O. The SMILES string of the molecule is CCCC(=O)Nc1cccc(CN=C(NCC)NCc2ccccc2)c1. The Kier molecular flexibility index (Phi) is 8.19. The first-order valence-corrected chi connectivity index (χ1v) is 9.16. The predicted octanol–water partition coefficient (Wildman–Crippen LogP) is 3.68. The molecule has 0 aliphatic heterocycles. The van der Waals surface area contributed by atoms with E-state index in [1.165, 1.54) is 5.56 Å². The molecule has 1 amide bonds. The van der Waals surface area contributed by atoms with E-state index in [9.17, 15) is 4.79 Å². The van der Waals surface area contributed by atoms with E-state index >= 15 is 0 Å². The lowest BCUT2D eigenvalue weighted by molar-refractivity contribution is -0.116. The number of nitrogens with one attached hydrogen (secondary N) is 3. The van der Waals surface area contributed by atoms with E-state index < -0.39 is 0 Å². The molecule has 0 aliphatic carbocycles. The molecule has 0 saturated heterocycles. The van der Waals surface area contributed by atoms with Gasteiger partial charge in [-0.2, -0.15) is 0 Å². The second-order valence-electron chi connectivity index (χ2n) is 6.03. The van der Waals surface area contributed by atoms with Crippen molar-refractivity contribution in [2.75, 3.05) is 11.9 Å². The van der Waals surface area contributed by atoms with Crippen molar-refractivity contribution in [2.24, 2.45) is 4.99 Å². The van der Waals surface area contributed by atoms with Gasteiger partial charge in [0, 0.05) is 25.2 Å². The lowest BCUT2D eigenvalue weighted by atomic mass is 10.2. The summed E-state index contributed by atoms with van der Waals surface area (Å²) in [5.41, 5.74) is 3.08. The van der Waals surface area contributed by atoms with Gasteiger partial charge in [0.25, 0.3) is 0 Å². The summed E-state index contributed by atoms with van der Waals surface area (Å²) in [6, 6.07) is 18.1. The number of benzene rings is 2. The molecule has 0 aliphatic rings. The monoisotopic (exact) mass is 352 g/mol. The molecule has 3 N–H and O–H groups in total. The van der Waals surface area contributed by atoms with E-state index in [0.29, 0.717) is 13.0 Å². The molecule has 0 atom stereocenters. The smallest absolute Gasteiger partial charge is 0.224 e. The molecule has 0 aromatic heterocycles. The summed E-state index contributed by atoms with van der Waals surface area (Å²) >= 11 is 0. The minimum absolute atomic E-state index is 0.0472. The van der Waals surface area contributed by atoms with Crippen LogP contribution in [0.2, 0.25) is 0 Å². The van der Waals surface area contributed by atoms with Gasteiger partial charge < -0.3 is 16.0 Å². The Morgan fingerprint density at radius 3 is 2.46 bits per heavy atom. The Labute approximate surface area is 155 Å². The average molecular weight is 352 g/mol. The van der Waals surface area contributed by atoms with Crippen molar-refractivity contribution >= 4 is 17.6 Å². The molecule has 0 radical (unpaired) electrons. The van der Waals surface area contributed by atoms with E-state index in [-0.39, 0.29) is 5.91 Å². The molecule has 0 spiro atoms. The Hall–Kier alpha value is -2.82. The van der Waals surface area contributed by atoms with Crippen LogP contribution in [0.5, 0.6) is 0 Å². The standard InChI is InChI=1S/C21H28N4O/c1-3-9-20(26)25-19-13-8-12-18(14-19)16-24-21(22-4-2)23-15-17-10-6-5-7-11-17/h5-8,10-14H,3-4,9,15-16H2,1-2H3,(H,25,26)(H2,22,23,24). The van der Waals surface area contributed by atoms with Crippen LogP contribution in [0.15, 0.2) is 59.6 Å². The lowest BCUT2D eigenvalue weighted by Crippen LogP contribution is -2.36. The highest BCUT2D eigenvalue weighted by molar-refractivity contribution is 5.90. The normalized spacial score (nSPS) is 11.1. The van der Waals surface area contributed by atoms with Gasteiger partial charge in [-0.05, 0) is 36.6 Å². The van der Waals surface area contributed by atoms with E-state index in [0.717, 1.165) is 36.7 Å². The number of hydrogen-bond donors (Lipinski definition) is 3. The molecule has 0 heterocycles. The van der Waals surface area contributed by atoms with Crippen LogP contribution in [0.25, 0.3) is 0 Å². The maximum atomic E-state index is 11.7. The number of hydrogen-bond acceptors (Lipinski definition) is 2. The van der Waals surface area contributed by atoms with Gasteiger partial charge in [0.2, 0.25) is 5.91 Å². The molecule has 26 heavy (non-hydrogen) atoms. The van der Waals surface area contributed by atoms with Gasteiger partial charge in [-0.25, -0.2) is 4.99 Å². The molecule has 2 aromatic rings. The van der Waals surface area contributed by atoms with E-state index in [1.54, 1.807) is 0 Å². The summed E-state index contributed by atoms with van der Waals surface area (Å²) in [4.78, 5) is 16.4. The highest BCUT2D eigenvalue weighted by atomic mass is 16.1. The summed E-state index contributed by atoms with van der Waals surface area (Å²) in [7, 11) is 0. The highest BCUT2D eigenvalue weighted by Gasteiger charge is 2.02.